The van der Waals surface area contributed by atoms with Gasteiger partial charge in [-0.15, -0.1) is 0 Å². The first-order valence-corrected chi connectivity index (χ1v) is 6.42. The van der Waals surface area contributed by atoms with Gasteiger partial charge in [0.2, 0.25) is 0 Å². The minimum Gasteiger partial charge on any atom is -0.491 e. The number of aryl methyl sites for hydroxylation is 3. The lowest BCUT2D eigenvalue weighted by Gasteiger charge is -2.15. The third kappa shape index (κ3) is 3.58. The van der Waals surface area contributed by atoms with E-state index in [9.17, 15) is 5.11 Å². The van der Waals surface area contributed by atoms with E-state index in [2.05, 4.69) is 4.98 Å². The maximum absolute atomic E-state index is 9.99. The Morgan fingerprint density at radius 1 is 1.32 bits per heavy atom. The van der Waals surface area contributed by atoms with E-state index in [-0.39, 0.29) is 6.61 Å². The molecule has 1 N–H and O–H groups in total. The van der Waals surface area contributed by atoms with Gasteiger partial charge in [0.05, 0.1) is 6.54 Å². The van der Waals surface area contributed by atoms with E-state index in [1.807, 2.05) is 49.7 Å². The Balaban J connectivity index is 1.91. The average Bonchev–Trinajstić information content (AvgIpc) is 2.76. The van der Waals surface area contributed by atoms with Crippen molar-refractivity contribution in [3.05, 3.63) is 47.5 Å². The van der Waals surface area contributed by atoms with E-state index in [1.54, 1.807) is 6.20 Å². The Kier molecular flexibility index (Phi) is 4.22. The largest absolute Gasteiger partial charge is 0.491 e. The summed E-state index contributed by atoms with van der Waals surface area (Å²) >= 11 is 0. The van der Waals surface area contributed by atoms with Crippen LogP contribution in [0.1, 0.15) is 17.0 Å². The summed E-state index contributed by atoms with van der Waals surface area (Å²) in [6.45, 7) is 6.72. The van der Waals surface area contributed by atoms with Crippen molar-refractivity contribution in [1.82, 2.24) is 9.55 Å². The van der Waals surface area contributed by atoms with Gasteiger partial charge in [0, 0.05) is 12.4 Å². The number of rotatable bonds is 5. The molecular weight excluding hydrogens is 240 g/mol. The number of aliphatic hydroxyl groups is 1. The van der Waals surface area contributed by atoms with Crippen molar-refractivity contribution < 1.29 is 9.84 Å². The number of benzene rings is 1. The van der Waals surface area contributed by atoms with Crippen molar-refractivity contribution in [3.63, 3.8) is 0 Å². The molecule has 2 rings (SSSR count). The second kappa shape index (κ2) is 5.89. The van der Waals surface area contributed by atoms with Crippen molar-refractivity contribution in [1.29, 1.82) is 0 Å². The van der Waals surface area contributed by atoms with Gasteiger partial charge in [-0.1, -0.05) is 12.1 Å². The minimum absolute atomic E-state index is 0.280. The van der Waals surface area contributed by atoms with Crippen LogP contribution in [0.15, 0.2) is 30.6 Å². The number of aliphatic hydroxyl groups excluding tert-OH is 1. The molecule has 1 aromatic carbocycles. The lowest BCUT2D eigenvalue weighted by Crippen LogP contribution is -2.24. The fraction of sp³-hybridized carbons (Fsp3) is 0.400. The molecule has 102 valence electrons. The third-order valence-electron chi connectivity index (χ3n) is 3.11. The Morgan fingerprint density at radius 3 is 2.79 bits per heavy atom. The first kappa shape index (κ1) is 13.6. The maximum atomic E-state index is 9.99. The molecule has 0 aliphatic carbocycles. The van der Waals surface area contributed by atoms with Crippen molar-refractivity contribution >= 4 is 0 Å². The highest BCUT2D eigenvalue weighted by atomic mass is 16.5. The molecule has 0 saturated carbocycles. The van der Waals surface area contributed by atoms with Gasteiger partial charge in [-0.25, -0.2) is 4.98 Å². The molecule has 0 amide bonds. The van der Waals surface area contributed by atoms with E-state index in [0.717, 1.165) is 22.7 Å². The fourth-order valence-electron chi connectivity index (χ4n) is 1.93. The van der Waals surface area contributed by atoms with Gasteiger partial charge in [0.15, 0.2) is 0 Å². The number of imidazole rings is 1. The van der Waals surface area contributed by atoms with Crippen LogP contribution >= 0.6 is 0 Å². The van der Waals surface area contributed by atoms with Crippen LogP contribution in [0.3, 0.4) is 0 Å². The SMILES string of the molecule is Cc1ccc(C)c(OCC(O)Cn2ccnc2C)c1. The zero-order valence-electron chi connectivity index (χ0n) is 11.6. The molecule has 1 atom stereocenters. The first-order valence-electron chi connectivity index (χ1n) is 6.42. The normalized spacial score (nSPS) is 12.4. The van der Waals surface area contributed by atoms with Crippen LogP contribution in [0.25, 0.3) is 0 Å². The molecule has 0 fully saturated rings. The van der Waals surface area contributed by atoms with Gasteiger partial charge in [-0.2, -0.15) is 0 Å². The van der Waals surface area contributed by atoms with Gasteiger partial charge in [0.25, 0.3) is 0 Å². The van der Waals surface area contributed by atoms with E-state index < -0.39 is 6.10 Å². The summed E-state index contributed by atoms with van der Waals surface area (Å²) in [7, 11) is 0. The van der Waals surface area contributed by atoms with E-state index >= 15 is 0 Å². The summed E-state index contributed by atoms with van der Waals surface area (Å²) < 4.78 is 7.60. The molecule has 1 heterocycles. The Labute approximate surface area is 113 Å². The van der Waals surface area contributed by atoms with Crippen molar-refractivity contribution in [2.24, 2.45) is 0 Å². The lowest BCUT2D eigenvalue weighted by atomic mass is 10.1. The fourth-order valence-corrected chi connectivity index (χ4v) is 1.93. The number of hydrogen-bond acceptors (Lipinski definition) is 3. The summed E-state index contributed by atoms with van der Waals surface area (Å²) in [5.74, 6) is 1.73. The van der Waals surface area contributed by atoms with Gasteiger partial charge in [0.1, 0.15) is 24.3 Å². The van der Waals surface area contributed by atoms with E-state index in [4.69, 9.17) is 4.74 Å². The number of aromatic nitrogens is 2. The predicted octanol–water partition coefficient (Wildman–Crippen LogP) is 2.25. The molecule has 0 saturated heterocycles. The van der Waals surface area contributed by atoms with Gasteiger partial charge in [-0.3, -0.25) is 0 Å². The highest BCUT2D eigenvalue weighted by molar-refractivity contribution is 5.35. The number of hydrogen-bond donors (Lipinski definition) is 1. The molecule has 4 nitrogen and oxygen atoms in total. The molecule has 0 bridgehead atoms. The molecular formula is C15H20N2O2. The molecule has 0 aliphatic rings. The second-order valence-electron chi connectivity index (χ2n) is 4.86. The van der Waals surface area contributed by atoms with Gasteiger partial charge >= 0.3 is 0 Å². The summed E-state index contributed by atoms with van der Waals surface area (Å²) in [6, 6.07) is 6.06. The molecule has 1 unspecified atom stereocenters. The molecule has 0 aliphatic heterocycles. The van der Waals surface area contributed by atoms with Crippen molar-refractivity contribution in [2.45, 2.75) is 33.4 Å². The Hall–Kier alpha value is -1.81. The van der Waals surface area contributed by atoms with Crippen LogP contribution in [0.4, 0.5) is 0 Å². The molecule has 0 radical (unpaired) electrons. The van der Waals surface area contributed by atoms with E-state index in [1.165, 1.54) is 0 Å². The second-order valence-corrected chi connectivity index (χ2v) is 4.86. The zero-order chi connectivity index (χ0) is 13.8. The zero-order valence-corrected chi connectivity index (χ0v) is 11.6. The topological polar surface area (TPSA) is 47.3 Å². The van der Waals surface area contributed by atoms with Crippen LogP contribution in [-0.2, 0) is 6.54 Å². The van der Waals surface area contributed by atoms with Crippen LogP contribution in [-0.4, -0.2) is 27.4 Å². The summed E-state index contributed by atoms with van der Waals surface area (Å²) in [4.78, 5) is 4.12. The molecule has 2 aromatic rings. The highest BCUT2D eigenvalue weighted by Gasteiger charge is 2.09. The van der Waals surface area contributed by atoms with Crippen molar-refractivity contribution in [3.8, 4) is 5.75 Å². The molecule has 0 spiro atoms. The third-order valence-corrected chi connectivity index (χ3v) is 3.11. The monoisotopic (exact) mass is 260 g/mol. The average molecular weight is 260 g/mol. The Bertz CT molecular complexity index is 549. The lowest BCUT2D eigenvalue weighted by molar-refractivity contribution is 0.0916. The summed E-state index contributed by atoms with van der Waals surface area (Å²) in [6.07, 6.45) is 3.04. The van der Waals surface area contributed by atoms with Crippen LogP contribution < -0.4 is 4.74 Å². The van der Waals surface area contributed by atoms with E-state index in [0.29, 0.717) is 6.54 Å². The smallest absolute Gasteiger partial charge is 0.122 e. The molecule has 1 aromatic heterocycles. The van der Waals surface area contributed by atoms with Crippen LogP contribution in [0, 0.1) is 20.8 Å². The first-order chi connectivity index (χ1) is 9.06. The maximum Gasteiger partial charge on any atom is 0.122 e. The summed E-state index contributed by atoms with van der Waals surface area (Å²) in [5, 5.41) is 9.99. The highest BCUT2D eigenvalue weighted by Crippen LogP contribution is 2.19. The molecule has 19 heavy (non-hydrogen) atoms. The number of ether oxygens (including phenoxy) is 1. The van der Waals surface area contributed by atoms with Crippen LogP contribution in [0.5, 0.6) is 5.75 Å². The molecule has 4 heteroatoms. The Morgan fingerprint density at radius 2 is 2.11 bits per heavy atom. The standard InChI is InChI=1S/C15H20N2O2/c1-11-4-5-12(2)15(8-11)19-10-14(18)9-17-7-6-16-13(17)3/h4-8,14,18H,9-10H2,1-3H3. The van der Waals surface area contributed by atoms with Gasteiger partial charge in [-0.05, 0) is 38.0 Å². The number of nitrogens with zero attached hydrogens (tertiary/aromatic N) is 2. The summed E-state index contributed by atoms with van der Waals surface area (Å²) in [5.41, 5.74) is 2.23. The predicted molar refractivity (Wildman–Crippen MR) is 74.4 cm³/mol. The van der Waals surface area contributed by atoms with Crippen LogP contribution in [0.2, 0.25) is 0 Å². The quantitative estimate of drug-likeness (QED) is 0.897. The minimum atomic E-state index is -0.548. The van der Waals surface area contributed by atoms with Gasteiger partial charge < -0.3 is 14.4 Å². The van der Waals surface area contributed by atoms with Crippen molar-refractivity contribution in [2.75, 3.05) is 6.61 Å².